The summed E-state index contributed by atoms with van der Waals surface area (Å²) >= 11 is 0. The normalized spacial score (nSPS) is 26.9. The van der Waals surface area contributed by atoms with E-state index in [2.05, 4.69) is 14.7 Å². The molecule has 2 unspecified atom stereocenters. The first-order valence-corrected chi connectivity index (χ1v) is 8.58. The summed E-state index contributed by atoms with van der Waals surface area (Å²) in [6.45, 7) is 2.78. The van der Waals surface area contributed by atoms with Gasteiger partial charge >= 0.3 is 0 Å². The van der Waals surface area contributed by atoms with Gasteiger partial charge in [0.1, 0.15) is 4.90 Å². The van der Waals surface area contributed by atoms with Crippen molar-refractivity contribution in [2.45, 2.75) is 29.9 Å². The number of hydrogen-bond acceptors (Lipinski definition) is 6. The van der Waals surface area contributed by atoms with Gasteiger partial charge in [-0.15, -0.1) is 0 Å². The zero-order valence-electron chi connectivity index (χ0n) is 12.0. The topological polar surface area (TPSA) is 102 Å². The molecule has 21 heavy (non-hydrogen) atoms. The Hall–Kier alpha value is -1.16. The molecule has 2 aliphatic rings. The summed E-state index contributed by atoms with van der Waals surface area (Å²) in [5.74, 6) is 0.00849. The molecule has 3 N–H and O–H groups in total. The van der Waals surface area contributed by atoms with E-state index in [0.29, 0.717) is 12.6 Å². The van der Waals surface area contributed by atoms with Gasteiger partial charge in [-0.3, -0.25) is 9.58 Å². The molecule has 3 heterocycles. The number of rotatable bonds is 4. The zero-order chi connectivity index (χ0) is 15.0. The summed E-state index contributed by atoms with van der Waals surface area (Å²) in [7, 11) is -2.02. The number of anilines is 1. The predicted octanol–water partition coefficient (Wildman–Crippen LogP) is -0.856. The fourth-order valence-corrected chi connectivity index (χ4v) is 4.15. The predicted molar refractivity (Wildman–Crippen MR) is 77.1 cm³/mol. The summed E-state index contributed by atoms with van der Waals surface area (Å²) in [5, 5.41) is 3.85. The molecule has 0 aromatic carbocycles. The van der Waals surface area contributed by atoms with Gasteiger partial charge in [-0.1, -0.05) is 0 Å². The third-order valence-corrected chi connectivity index (χ3v) is 5.51. The average Bonchev–Trinajstić information content (AvgIpc) is 3.02. The van der Waals surface area contributed by atoms with Crippen LogP contribution in [0.2, 0.25) is 0 Å². The smallest absolute Gasteiger partial charge is 0.245 e. The van der Waals surface area contributed by atoms with Crippen molar-refractivity contribution in [3.05, 3.63) is 6.20 Å². The van der Waals surface area contributed by atoms with Crippen LogP contribution < -0.4 is 10.5 Å². The van der Waals surface area contributed by atoms with E-state index in [9.17, 15) is 8.42 Å². The quantitative estimate of drug-likeness (QED) is 0.750. The van der Waals surface area contributed by atoms with Crippen LogP contribution >= 0.6 is 0 Å². The fourth-order valence-electron chi connectivity index (χ4n) is 2.98. The van der Waals surface area contributed by atoms with Crippen molar-refractivity contribution in [2.75, 3.05) is 32.0 Å². The van der Waals surface area contributed by atoms with Gasteiger partial charge in [0.2, 0.25) is 10.0 Å². The molecule has 2 saturated heterocycles. The number of nitrogens with one attached hydrogen (secondary N) is 1. The molecule has 3 rings (SSSR count). The van der Waals surface area contributed by atoms with Crippen molar-refractivity contribution >= 4 is 15.8 Å². The molecule has 0 spiro atoms. The maximum absolute atomic E-state index is 12.2. The van der Waals surface area contributed by atoms with Gasteiger partial charge in [-0.25, -0.2) is 13.1 Å². The van der Waals surface area contributed by atoms with Crippen LogP contribution in [0.1, 0.15) is 12.8 Å². The first kappa shape index (κ1) is 14.8. The summed E-state index contributed by atoms with van der Waals surface area (Å²) in [6, 6.07) is 0.506. The van der Waals surface area contributed by atoms with Gasteiger partial charge < -0.3 is 10.5 Å². The number of fused-ring (bicyclic) bond motifs is 1. The first-order chi connectivity index (χ1) is 9.95. The summed E-state index contributed by atoms with van der Waals surface area (Å²) in [6.07, 6.45) is 3.64. The molecular formula is C12H21N5O3S. The molecule has 2 atom stereocenters. The molecule has 1 aromatic heterocycles. The maximum Gasteiger partial charge on any atom is 0.245 e. The summed E-state index contributed by atoms with van der Waals surface area (Å²) < 4.78 is 34.1. The third kappa shape index (κ3) is 3.05. The molecule has 0 aliphatic carbocycles. The zero-order valence-corrected chi connectivity index (χ0v) is 12.8. The Labute approximate surface area is 124 Å². The van der Waals surface area contributed by atoms with E-state index in [0.717, 1.165) is 13.1 Å². The van der Waals surface area contributed by atoms with Gasteiger partial charge in [-0.05, 0) is 19.4 Å². The van der Waals surface area contributed by atoms with E-state index < -0.39 is 10.0 Å². The highest BCUT2D eigenvalue weighted by Crippen LogP contribution is 2.22. The van der Waals surface area contributed by atoms with Crippen molar-refractivity contribution in [1.82, 2.24) is 19.4 Å². The highest BCUT2D eigenvalue weighted by Gasteiger charge is 2.33. The number of ether oxygens (including phenoxy) is 1. The fraction of sp³-hybridized carbons (Fsp3) is 0.750. The number of aromatic nitrogens is 2. The Balaban J connectivity index is 1.60. The molecule has 8 nitrogen and oxygen atoms in total. The summed E-state index contributed by atoms with van der Waals surface area (Å²) in [4.78, 5) is 2.39. The van der Waals surface area contributed by atoms with Crippen molar-refractivity contribution in [3.63, 3.8) is 0 Å². The van der Waals surface area contributed by atoms with Crippen LogP contribution in [0, 0.1) is 0 Å². The number of sulfonamides is 1. The van der Waals surface area contributed by atoms with Crippen molar-refractivity contribution in [1.29, 1.82) is 0 Å². The lowest BCUT2D eigenvalue weighted by Gasteiger charge is -2.35. The number of morpholine rings is 1. The van der Waals surface area contributed by atoms with Crippen molar-refractivity contribution < 1.29 is 13.2 Å². The number of hydrogen-bond donors (Lipinski definition) is 2. The second-order valence-corrected chi connectivity index (χ2v) is 7.39. The molecular weight excluding hydrogens is 294 g/mol. The Morgan fingerprint density at radius 2 is 2.38 bits per heavy atom. The molecule has 2 fully saturated rings. The van der Waals surface area contributed by atoms with Gasteiger partial charge in [0.15, 0.2) is 5.82 Å². The van der Waals surface area contributed by atoms with E-state index in [4.69, 9.17) is 10.5 Å². The van der Waals surface area contributed by atoms with Crippen LogP contribution in [0.15, 0.2) is 11.1 Å². The molecule has 0 radical (unpaired) electrons. The average molecular weight is 315 g/mol. The van der Waals surface area contributed by atoms with Gasteiger partial charge in [-0.2, -0.15) is 5.10 Å². The third-order valence-electron chi connectivity index (χ3n) is 4.07. The van der Waals surface area contributed by atoms with Crippen LogP contribution in [0.3, 0.4) is 0 Å². The van der Waals surface area contributed by atoms with Crippen LogP contribution in [0.5, 0.6) is 0 Å². The Morgan fingerprint density at radius 3 is 3.10 bits per heavy atom. The lowest BCUT2D eigenvalue weighted by atomic mass is 10.2. The van der Waals surface area contributed by atoms with Crippen LogP contribution in [-0.4, -0.2) is 61.5 Å². The Kier molecular flexibility index (Phi) is 3.91. The second-order valence-electron chi connectivity index (χ2n) is 5.65. The van der Waals surface area contributed by atoms with Crippen molar-refractivity contribution in [2.24, 2.45) is 7.05 Å². The minimum absolute atomic E-state index is 0.00849. The van der Waals surface area contributed by atoms with E-state index in [-0.39, 0.29) is 23.4 Å². The number of nitrogen functional groups attached to an aromatic ring is 1. The second kappa shape index (κ2) is 5.56. The number of aryl methyl sites for hydroxylation is 1. The minimum atomic E-state index is -3.65. The highest BCUT2D eigenvalue weighted by atomic mass is 32.2. The molecule has 0 bridgehead atoms. The van der Waals surface area contributed by atoms with Gasteiger partial charge in [0.05, 0.1) is 12.7 Å². The molecule has 2 aliphatic heterocycles. The van der Waals surface area contributed by atoms with E-state index in [1.54, 1.807) is 7.05 Å². The minimum Gasteiger partial charge on any atom is -0.381 e. The molecule has 0 saturated carbocycles. The van der Waals surface area contributed by atoms with Crippen molar-refractivity contribution in [3.8, 4) is 0 Å². The molecule has 118 valence electrons. The largest absolute Gasteiger partial charge is 0.381 e. The Morgan fingerprint density at radius 1 is 1.57 bits per heavy atom. The first-order valence-electron chi connectivity index (χ1n) is 7.10. The molecule has 9 heteroatoms. The number of nitrogens with two attached hydrogens (primary N) is 1. The van der Waals surface area contributed by atoms with E-state index in [1.165, 1.54) is 23.7 Å². The van der Waals surface area contributed by atoms with E-state index in [1.807, 2.05) is 0 Å². The highest BCUT2D eigenvalue weighted by molar-refractivity contribution is 7.89. The van der Waals surface area contributed by atoms with Gasteiger partial charge in [0, 0.05) is 32.4 Å². The standard InChI is InChI=1S/C12H21N5O3S/c1-16-7-11(12(13)15-16)21(18,19)14-5-10-6-17-4-2-3-9(17)8-20-10/h7,9-10,14H,2-6,8H2,1H3,(H2,13,15). The van der Waals surface area contributed by atoms with Crippen LogP contribution in [-0.2, 0) is 21.8 Å². The summed E-state index contributed by atoms with van der Waals surface area (Å²) in [5.41, 5.74) is 5.62. The molecule has 1 aromatic rings. The maximum atomic E-state index is 12.2. The number of nitrogens with zero attached hydrogens (tertiary/aromatic N) is 3. The Bertz CT molecular complexity index is 614. The monoisotopic (exact) mass is 315 g/mol. The lowest BCUT2D eigenvalue weighted by molar-refractivity contribution is -0.0449. The van der Waals surface area contributed by atoms with Crippen LogP contribution in [0.25, 0.3) is 0 Å². The van der Waals surface area contributed by atoms with E-state index >= 15 is 0 Å². The van der Waals surface area contributed by atoms with Crippen LogP contribution in [0.4, 0.5) is 5.82 Å². The van der Waals surface area contributed by atoms with Gasteiger partial charge in [0.25, 0.3) is 0 Å². The molecule has 0 amide bonds. The lowest BCUT2D eigenvalue weighted by Crippen LogP contribution is -2.50. The SMILES string of the molecule is Cn1cc(S(=O)(=O)NCC2CN3CCCC3CO2)c(N)n1.